The predicted octanol–water partition coefficient (Wildman–Crippen LogP) is 3.35. The van der Waals surface area contributed by atoms with Gasteiger partial charge in [0.1, 0.15) is 0 Å². The number of aryl methyl sites for hydroxylation is 1. The van der Waals surface area contributed by atoms with Crippen molar-refractivity contribution in [2.75, 3.05) is 12.4 Å². The summed E-state index contributed by atoms with van der Waals surface area (Å²) in [5, 5.41) is 4.32. The van der Waals surface area contributed by atoms with Gasteiger partial charge >= 0.3 is 0 Å². The molecule has 14 heavy (non-hydrogen) atoms. The molecule has 2 aromatic rings. The highest BCUT2D eigenvalue weighted by atomic mass is 79.9. The summed E-state index contributed by atoms with van der Waals surface area (Å²) in [5.74, 6) is 0. The maximum absolute atomic E-state index is 4.38. The minimum absolute atomic E-state index is 1.05. The van der Waals surface area contributed by atoms with Crippen LogP contribution in [0.4, 0.5) is 5.69 Å². The summed E-state index contributed by atoms with van der Waals surface area (Å²) >= 11 is 3.50. The molecular formula is C11H11BrN2. The summed E-state index contributed by atoms with van der Waals surface area (Å²) in [6.07, 6.45) is 1.83. The van der Waals surface area contributed by atoms with Crippen LogP contribution in [0.3, 0.4) is 0 Å². The smallest absolute Gasteiger partial charge is 0.0763 e. The molecule has 1 aromatic carbocycles. The van der Waals surface area contributed by atoms with E-state index in [-0.39, 0.29) is 0 Å². The molecule has 1 heterocycles. The molecule has 0 saturated carbocycles. The first-order valence-electron chi connectivity index (χ1n) is 4.45. The van der Waals surface area contributed by atoms with Crippen molar-refractivity contribution in [3.05, 3.63) is 34.4 Å². The third-order valence-corrected chi connectivity index (χ3v) is 3.23. The molecule has 2 rings (SSSR count). The van der Waals surface area contributed by atoms with E-state index in [9.17, 15) is 0 Å². The SMILES string of the molecule is CNc1ccnc2c(C)c(Br)ccc12. The highest BCUT2D eigenvalue weighted by Gasteiger charge is 2.04. The van der Waals surface area contributed by atoms with E-state index in [1.807, 2.05) is 19.3 Å². The average molecular weight is 251 g/mol. The number of benzene rings is 1. The van der Waals surface area contributed by atoms with Crippen molar-refractivity contribution >= 4 is 32.5 Å². The topological polar surface area (TPSA) is 24.9 Å². The van der Waals surface area contributed by atoms with Crippen molar-refractivity contribution in [2.24, 2.45) is 0 Å². The zero-order chi connectivity index (χ0) is 10.1. The number of nitrogens with one attached hydrogen (secondary N) is 1. The standard InChI is InChI=1S/C11H11BrN2/c1-7-9(12)4-3-8-10(13-2)5-6-14-11(7)8/h3-6H,1-2H3,(H,13,14). The fraction of sp³-hybridized carbons (Fsp3) is 0.182. The van der Waals surface area contributed by atoms with Crippen LogP contribution in [0.1, 0.15) is 5.56 Å². The summed E-state index contributed by atoms with van der Waals surface area (Å²) in [7, 11) is 1.92. The van der Waals surface area contributed by atoms with Gasteiger partial charge in [0.15, 0.2) is 0 Å². The molecule has 0 spiro atoms. The summed E-state index contributed by atoms with van der Waals surface area (Å²) in [5.41, 5.74) is 3.34. The van der Waals surface area contributed by atoms with Crippen molar-refractivity contribution in [1.29, 1.82) is 0 Å². The van der Waals surface area contributed by atoms with E-state index in [1.165, 1.54) is 5.56 Å². The number of aromatic nitrogens is 1. The number of pyridine rings is 1. The van der Waals surface area contributed by atoms with Gasteiger partial charge in [0.2, 0.25) is 0 Å². The maximum atomic E-state index is 4.38. The van der Waals surface area contributed by atoms with Crippen LogP contribution in [0.2, 0.25) is 0 Å². The summed E-state index contributed by atoms with van der Waals surface area (Å²) in [6.45, 7) is 2.07. The third kappa shape index (κ3) is 1.38. The molecule has 2 nitrogen and oxygen atoms in total. The van der Waals surface area contributed by atoms with E-state index < -0.39 is 0 Å². The number of rotatable bonds is 1. The van der Waals surface area contributed by atoms with Gasteiger partial charge in [0.25, 0.3) is 0 Å². The Balaban J connectivity index is 2.86. The third-order valence-electron chi connectivity index (χ3n) is 2.37. The van der Waals surface area contributed by atoms with Crippen LogP contribution in [0, 0.1) is 6.92 Å². The van der Waals surface area contributed by atoms with E-state index >= 15 is 0 Å². The van der Waals surface area contributed by atoms with Crippen LogP contribution >= 0.6 is 15.9 Å². The number of hydrogen-bond donors (Lipinski definition) is 1. The minimum Gasteiger partial charge on any atom is -0.388 e. The van der Waals surface area contributed by atoms with Crippen molar-refractivity contribution in [2.45, 2.75) is 6.92 Å². The Kier molecular flexibility index (Phi) is 2.42. The second-order valence-electron chi connectivity index (χ2n) is 3.18. The van der Waals surface area contributed by atoms with Crippen molar-refractivity contribution < 1.29 is 0 Å². The van der Waals surface area contributed by atoms with Gasteiger partial charge in [0, 0.05) is 28.8 Å². The number of hydrogen-bond acceptors (Lipinski definition) is 2. The molecule has 0 aliphatic heterocycles. The van der Waals surface area contributed by atoms with E-state index in [2.05, 4.69) is 45.3 Å². The Bertz CT molecular complexity index is 480. The van der Waals surface area contributed by atoms with Crippen molar-refractivity contribution in [3.63, 3.8) is 0 Å². The Morgan fingerprint density at radius 2 is 2.07 bits per heavy atom. The fourth-order valence-corrected chi connectivity index (χ4v) is 1.87. The maximum Gasteiger partial charge on any atom is 0.0763 e. The molecule has 0 fully saturated rings. The van der Waals surface area contributed by atoms with E-state index in [0.717, 1.165) is 21.1 Å². The number of fused-ring (bicyclic) bond motifs is 1. The average Bonchev–Trinajstić information content (AvgIpc) is 2.23. The van der Waals surface area contributed by atoms with Gasteiger partial charge in [-0.3, -0.25) is 4.98 Å². The zero-order valence-electron chi connectivity index (χ0n) is 8.13. The van der Waals surface area contributed by atoms with E-state index in [1.54, 1.807) is 0 Å². The molecule has 0 atom stereocenters. The largest absolute Gasteiger partial charge is 0.388 e. The number of halogens is 1. The van der Waals surface area contributed by atoms with Gasteiger partial charge in [-0.2, -0.15) is 0 Å². The molecule has 1 aromatic heterocycles. The number of nitrogens with zero attached hydrogens (tertiary/aromatic N) is 1. The second kappa shape index (κ2) is 3.58. The lowest BCUT2D eigenvalue weighted by Crippen LogP contribution is -1.92. The van der Waals surface area contributed by atoms with E-state index in [0.29, 0.717) is 0 Å². The fourth-order valence-electron chi connectivity index (χ4n) is 1.55. The molecule has 3 heteroatoms. The van der Waals surface area contributed by atoms with Crippen molar-refractivity contribution in [3.8, 4) is 0 Å². The summed E-state index contributed by atoms with van der Waals surface area (Å²) < 4.78 is 1.10. The molecule has 0 unspecified atom stereocenters. The normalized spacial score (nSPS) is 10.5. The van der Waals surface area contributed by atoms with Gasteiger partial charge in [-0.05, 0) is 30.7 Å². The summed E-state index contributed by atoms with van der Waals surface area (Å²) in [4.78, 5) is 4.38. The first-order chi connectivity index (χ1) is 6.74. The van der Waals surface area contributed by atoms with Crippen LogP contribution in [0.5, 0.6) is 0 Å². The Hall–Kier alpha value is -1.09. The van der Waals surface area contributed by atoms with E-state index in [4.69, 9.17) is 0 Å². The lowest BCUT2D eigenvalue weighted by Gasteiger charge is -2.07. The second-order valence-corrected chi connectivity index (χ2v) is 4.03. The number of anilines is 1. The molecule has 72 valence electrons. The molecular weight excluding hydrogens is 240 g/mol. The lowest BCUT2D eigenvalue weighted by molar-refractivity contribution is 1.34. The predicted molar refractivity (Wildman–Crippen MR) is 63.7 cm³/mol. The molecule has 0 radical (unpaired) electrons. The van der Waals surface area contributed by atoms with Gasteiger partial charge in [-0.1, -0.05) is 15.9 Å². The Morgan fingerprint density at radius 3 is 2.79 bits per heavy atom. The monoisotopic (exact) mass is 250 g/mol. The Labute approximate surface area is 91.5 Å². The van der Waals surface area contributed by atoms with Crippen molar-refractivity contribution in [1.82, 2.24) is 4.98 Å². The first kappa shape index (κ1) is 9.46. The zero-order valence-corrected chi connectivity index (χ0v) is 9.72. The van der Waals surface area contributed by atoms with Crippen LogP contribution < -0.4 is 5.32 Å². The molecule has 0 amide bonds. The Morgan fingerprint density at radius 1 is 1.29 bits per heavy atom. The summed E-state index contributed by atoms with van der Waals surface area (Å²) in [6, 6.07) is 6.11. The van der Waals surface area contributed by atoms with Gasteiger partial charge < -0.3 is 5.32 Å². The molecule has 1 N–H and O–H groups in total. The first-order valence-corrected chi connectivity index (χ1v) is 5.25. The van der Waals surface area contributed by atoms with Crippen LogP contribution in [0.25, 0.3) is 10.9 Å². The molecule has 0 aliphatic rings. The van der Waals surface area contributed by atoms with Gasteiger partial charge in [-0.15, -0.1) is 0 Å². The quantitative estimate of drug-likeness (QED) is 0.840. The van der Waals surface area contributed by atoms with Crippen LogP contribution in [-0.4, -0.2) is 12.0 Å². The minimum atomic E-state index is 1.05. The molecule has 0 bridgehead atoms. The van der Waals surface area contributed by atoms with Gasteiger partial charge in [-0.25, -0.2) is 0 Å². The van der Waals surface area contributed by atoms with Gasteiger partial charge in [0.05, 0.1) is 5.52 Å². The molecule has 0 aliphatic carbocycles. The highest BCUT2D eigenvalue weighted by molar-refractivity contribution is 9.10. The highest BCUT2D eigenvalue weighted by Crippen LogP contribution is 2.28. The van der Waals surface area contributed by atoms with Crippen LogP contribution in [-0.2, 0) is 0 Å². The molecule has 0 saturated heterocycles. The lowest BCUT2D eigenvalue weighted by atomic mass is 10.1. The van der Waals surface area contributed by atoms with Crippen LogP contribution in [0.15, 0.2) is 28.9 Å².